The summed E-state index contributed by atoms with van der Waals surface area (Å²) in [5.41, 5.74) is 0.589. The van der Waals surface area contributed by atoms with Gasteiger partial charge in [0.15, 0.2) is 0 Å². The average Bonchev–Trinajstić information content (AvgIpc) is 2.73. The van der Waals surface area contributed by atoms with Crippen LogP contribution in [0.15, 0.2) is 6.20 Å². The minimum atomic E-state index is -0.799. The molecular weight excluding hydrogens is 268 g/mol. The van der Waals surface area contributed by atoms with Gasteiger partial charge in [0.05, 0.1) is 36.2 Å². The summed E-state index contributed by atoms with van der Waals surface area (Å²) in [6.45, 7) is 7.53. The lowest BCUT2D eigenvalue weighted by atomic mass is 9.99. The fraction of sp³-hybridized carbons (Fsp3) is 0.769. The van der Waals surface area contributed by atoms with E-state index in [0.29, 0.717) is 30.5 Å². The van der Waals surface area contributed by atoms with Gasteiger partial charge in [0.25, 0.3) is 0 Å². The zero-order valence-electron chi connectivity index (χ0n) is 12.0. The Labute approximate surface area is 119 Å². The molecule has 0 aromatic carbocycles. The molecule has 5 nitrogen and oxygen atoms in total. The molecule has 2 atom stereocenters. The predicted molar refractivity (Wildman–Crippen MR) is 74.3 cm³/mol. The Morgan fingerprint density at radius 1 is 1.47 bits per heavy atom. The first kappa shape index (κ1) is 16.4. The molecule has 0 aliphatic rings. The van der Waals surface area contributed by atoms with E-state index in [9.17, 15) is 5.11 Å². The van der Waals surface area contributed by atoms with Crippen molar-refractivity contribution in [2.75, 3.05) is 20.3 Å². The second kappa shape index (κ2) is 7.85. The largest absolute Gasteiger partial charge is 0.384 e. The zero-order chi connectivity index (χ0) is 14.4. The van der Waals surface area contributed by atoms with Crippen molar-refractivity contribution in [2.24, 2.45) is 5.92 Å². The molecule has 0 aliphatic carbocycles. The highest BCUT2D eigenvalue weighted by Gasteiger charge is 2.29. The lowest BCUT2D eigenvalue weighted by Crippen LogP contribution is -2.30. The highest BCUT2D eigenvalue weighted by atomic mass is 35.5. The van der Waals surface area contributed by atoms with Gasteiger partial charge in [0.2, 0.25) is 0 Å². The monoisotopic (exact) mass is 290 g/mol. The lowest BCUT2D eigenvalue weighted by Gasteiger charge is -2.27. The van der Waals surface area contributed by atoms with Crippen molar-refractivity contribution >= 4 is 11.6 Å². The maximum Gasteiger partial charge on any atom is 0.123 e. The molecule has 6 heteroatoms. The van der Waals surface area contributed by atoms with E-state index in [2.05, 4.69) is 5.10 Å². The van der Waals surface area contributed by atoms with E-state index in [1.165, 1.54) is 0 Å². The Morgan fingerprint density at radius 2 is 2.16 bits per heavy atom. The summed E-state index contributed by atoms with van der Waals surface area (Å²) in [5.74, 6) is 0.178. The normalized spacial score (nSPS) is 14.9. The molecule has 1 rings (SSSR count). The number of rotatable bonds is 8. The van der Waals surface area contributed by atoms with Crippen molar-refractivity contribution in [3.05, 3.63) is 16.9 Å². The van der Waals surface area contributed by atoms with E-state index < -0.39 is 6.10 Å². The van der Waals surface area contributed by atoms with Crippen molar-refractivity contribution < 1.29 is 14.6 Å². The first-order valence-electron chi connectivity index (χ1n) is 6.52. The van der Waals surface area contributed by atoms with Crippen molar-refractivity contribution in [1.82, 2.24) is 9.78 Å². The third-order valence-electron chi connectivity index (χ3n) is 2.95. The number of methoxy groups -OCH3 is 1. The Balaban J connectivity index is 2.95. The molecule has 0 amide bonds. The fourth-order valence-corrected chi connectivity index (χ4v) is 2.27. The van der Waals surface area contributed by atoms with E-state index >= 15 is 0 Å². The molecule has 1 aromatic heterocycles. The van der Waals surface area contributed by atoms with Crippen molar-refractivity contribution in [3.8, 4) is 0 Å². The topological polar surface area (TPSA) is 56.5 Å². The molecule has 0 saturated heterocycles. The Kier molecular flexibility index (Phi) is 6.79. The fourth-order valence-electron chi connectivity index (χ4n) is 2.02. The van der Waals surface area contributed by atoms with E-state index in [-0.39, 0.29) is 12.0 Å². The Bertz CT molecular complexity index is 382. The van der Waals surface area contributed by atoms with Crippen LogP contribution in [0.2, 0.25) is 5.02 Å². The van der Waals surface area contributed by atoms with Gasteiger partial charge >= 0.3 is 0 Å². The summed E-state index contributed by atoms with van der Waals surface area (Å²) in [5, 5.41) is 15.1. The van der Waals surface area contributed by atoms with E-state index in [1.807, 2.05) is 20.8 Å². The van der Waals surface area contributed by atoms with Gasteiger partial charge in [0, 0.05) is 13.7 Å². The van der Waals surface area contributed by atoms with Crippen LogP contribution in [-0.2, 0) is 16.0 Å². The van der Waals surface area contributed by atoms with Gasteiger partial charge in [0.1, 0.15) is 6.10 Å². The van der Waals surface area contributed by atoms with Crippen LogP contribution in [-0.4, -0.2) is 41.3 Å². The molecule has 0 aliphatic heterocycles. The predicted octanol–water partition coefficient (Wildman–Crippen LogP) is 2.28. The van der Waals surface area contributed by atoms with Gasteiger partial charge in [-0.25, -0.2) is 0 Å². The number of halogens is 1. The maximum absolute atomic E-state index is 10.5. The minimum absolute atomic E-state index is 0.178. The smallest absolute Gasteiger partial charge is 0.123 e. The number of aliphatic hydroxyl groups excluding tert-OH is 1. The van der Waals surface area contributed by atoms with E-state index in [4.69, 9.17) is 21.1 Å². The van der Waals surface area contributed by atoms with Gasteiger partial charge in [-0.05, 0) is 12.8 Å². The second-order valence-corrected chi connectivity index (χ2v) is 5.11. The highest BCUT2D eigenvalue weighted by molar-refractivity contribution is 6.31. The molecular formula is C13H23ClN2O3. The third-order valence-corrected chi connectivity index (χ3v) is 3.24. The summed E-state index contributed by atoms with van der Waals surface area (Å²) < 4.78 is 12.3. The van der Waals surface area contributed by atoms with Crippen LogP contribution >= 0.6 is 11.6 Å². The number of hydrogen-bond acceptors (Lipinski definition) is 4. The van der Waals surface area contributed by atoms with Crippen LogP contribution < -0.4 is 0 Å². The van der Waals surface area contributed by atoms with Crippen molar-refractivity contribution in [3.63, 3.8) is 0 Å². The molecule has 2 unspecified atom stereocenters. The molecule has 0 bridgehead atoms. The zero-order valence-corrected chi connectivity index (χ0v) is 12.7. The van der Waals surface area contributed by atoms with Gasteiger partial charge in [-0.1, -0.05) is 25.4 Å². The minimum Gasteiger partial charge on any atom is -0.384 e. The molecule has 1 N–H and O–H groups in total. The average molecular weight is 291 g/mol. The van der Waals surface area contributed by atoms with Crippen molar-refractivity contribution in [1.29, 1.82) is 0 Å². The number of aliphatic hydroxyl groups is 1. The Hall–Kier alpha value is -0.620. The molecule has 0 saturated carbocycles. The summed E-state index contributed by atoms with van der Waals surface area (Å²) >= 11 is 6.13. The number of nitrogens with zero attached hydrogens (tertiary/aromatic N) is 2. The molecule has 19 heavy (non-hydrogen) atoms. The Morgan fingerprint density at radius 3 is 2.68 bits per heavy atom. The van der Waals surface area contributed by atoms with Gasteiger partial charge < -0.3 is 14.6 Å². The summed E-state index contributed by atoms with van der Waals surface area (Å²) in [4.78, 5) is 0. The first-order chi connectivity index (χ1) is 9.02. The van der Waals surface area contributed by atoms with Crippen molar-refractivity contribution in [2.45, 2.75) is 39.5 Å². The van der Waals surface area contributed by atoms with Gasteiger partial charge in [-0.15, -0.1) is 0 Å². The maximum atomic E-state index is 10.5. The molecule has 0 fully saturated rings. The third kappa shape index (κ3) is 4.18. The molecule has 0 radical (unpaired) electrons. The van der Waals surface area contributed by atoms with Crippen LogP contribution in [0.3, 0.4) is 0 Å². The lowest BCUT2D eigenvalue weighted by molar-refractivity contribution is -0.0619. The molecule has 110 valence electrons. The van der Waals surface area contributed by atoms with Crippen LogP contribution in [0.5, 0.6) is 0 Å². The molecule has 0 spiro atoms. The first-order valence-corrected chi connectivity index (χ1v) is 6.90. The summed E-state index contributed by atoms with van der Waals surface area (Å²) in [7, 11) is 1.62. The second-order valence-electron chi connectivity index (χ2n) is 4.70. The molecule has 1 heterocycles. The highest BCUT2D eigenvalue weighted by Crippen LogP contribution is 2.29. The van der Waals surface area contributed by atoms with Crippen LogP contribution in [0.1, 0.15) is 32.6 Å². The van der Waals surface area contributed by atoms with Crippen LogP contribution in [0.25, 0.3) is 0 Å². The SMILES string of the molecule is CCOC(C(C)C)C(O)c1c(Cl)cnn1CCOC. The number of hydrogen-bond donors (Lipinski definition) is 1. The van der Waals surface area contributed by atoms with Crippen LogP contribution in [0.4, 0.5) is 0 Å². The van der Waals surface area contributed by atoms with E-state index in [1.54, 1.807) is 18.0 Å². The summed E-state index contributed by atoms with van der Waals surface area (Å²) in [6.07, 6.45) is 0.436. The molecule has 1 aromatic rings. The summed E-state index contributed by atoms with van der Waals surface area (Å²) in [6, 6.07) is 0. The standard InChI is InChI=1S/C13H23ClN2O3/c1-5-19-13(9(2)3)12(17)11-10(14)8-15-16(11)6-7-18-4/h8-9,12-13,17H,5-7H2,1-4H3. The van der Waals surface area contributed by atoms with Gasteiger partial charge in [-0.3, -0.25) is 4.68 Å². The van der Waals surface area contributed by atoms with Gasteiger partial charge in [-0.2, -0.15) is 5.10 Å². The van der Waals surface area contributed by atoms with E-state index in [0.717, 1.165) is 0 Å². The number of ether oxygens (including phenoxy) is 2. The van der Waals surface area contributed by atoms with Crippen LogP contribution in [0, 0.1) is 5.92 Å². The number of aromatic nitrogens is 2. The quantitative estimate of drug-likeness (QED) is 0.798.